The Labute approximate surface area is 117 Å². The van der Waals surface area contributed by atoms with E-state index in [2.05, 4.69) is 10.6 Å². The third kappa shape index (κ3) is 5.55. The van der Waals surface area contributed by atoms with Crippen molar-refractivity contribution in [3.63, 3.8) is 0 Å². The first-order valence-electron chi connectivity index (χ1n) is 5.98. The van der Waals surface area contributed by atoms with Crippen LogP contribution < -0.4 is 10.6 Å². The molecule has 0 aliphatic rings. The largest absolute Gasteiger partial charge is 0.383 e. The molecular formula is C13H18ClFN2O2. The van der Waals surface area contributed by atoms with Gasteiger partial charge in [-0.25, -0.2) is 4.39 Å². The Balaban J connectivity index is 2.40. The summed E-state index contributed by atoms with van der Waals surface area (Å²) in [6, 6.07) is 4.42. The molecule has 0 saturated heterocycles. The Morgan fingerprint density at radius 2 is 2.26 bits per heavy atom. The van der Waals surface area contributed by atoms with E-state index in [4.69, 9.17) is 16.3 Å². The van der Waals surface area contributed by atoms with E-state index in [1.165, 1.54) is 6.07 Å². The number of carbonyl (C=O) groups excluding carboxylic acids is 1. The Kier molecular flexibility index (Phi) is 6.77. The van der Waals surface area contributed by atoms with Gasteiger partial charge in [-0.05, 0) is 24.6 Å². The zero-order valence-corrected chi connectivity index (χ0v) is 11.8. The summed E-state index contributed by atoms with van der Waals surface area (Å²) < 4.78 is 17.8. The third-order valence-electron chi connectivity index (χ3n) is 2.64. The van der Waals surface area contributed by atoms with Gasteiger partial charge in [0.1, 0.15) is 5.82 Å². The number of nitrogens with one attached hydrogen (secondary N) is 2. The number of halogens is 2. The van der Waals surface area contributed by atoms with Gasteiger partial charge in [-0.2, -0.15) is 0 Å². The quantitative estimate of drug-likeness (QED) is 0.754. The van der Waals surface area contributed by atoms with Crippen LogP contribution in [0, 0.1) is 5.82 Å². The summed E-state index contributed by atoms with van der Waals surface area (Å²) in [5, 5.41) is 5.82. The molecule has 1 aromatic rings. The van der Waals surface area contributed by atoms with Gasteiger partial charge in [0.05, 0.1) is 18.2 Å². The fourth-order valence-electron chi connectivity index (χ4n) is 1.50. The minimum absolute atomic E-state index is 0.0793. The van der Waals surface area contributed by atoms with Crippen LogP contribution in [0.1, 0.15) is 18.5 Å². The molecule has 1 unspecified atom stereocenters. The Bertz CT molecular complexity index is 429. The van der Waals surface area contributed by atoms with Gasteiger partial charge < -0.3 is 15.4 Å². The predicted molar refractivity (Wildman–Crippen MR) is 72.7 cm³/mol. The lowest BCUT2D eigenvalue weighted by atomic mass is 10.1. The number of carbonyl (C=O) groups is 1. The molecule has 1 aromatic carbocycles. The van der Waals surface area contributed by atoms with Crippen molar-refractivity contribution in [3.8, 4) is 0 Å². The summed E-state index contributed by atoms with van der Waals surface area (Å²) in [6.45, 7) is 3.02. The van der Waals surface area contributed by atoms with E-state index in [0.29, 0.717) is 13.2 Å². The summed E-state index contributed by atoms with van der Waals surface area (Å²) in [6.07, 6.45) is 0. The minimum atomic E-state index is -0.449. The van der Waals surface area contributed by atoms with Crippen LogP contribution in [0.15, 0.2) is 18.2 Å². The fraction of sp³-hybridized carbons (Fsp3) is 0.462. The molecule has 1 rings (SSSR count). The molecule has 106 valence electrons. The van der Waals surface area contributed by atoms with Crippen LogP contribution in [0.25, 0.3) is 0 Å². The van der Waals surface area contributed by atoms with Gasteiger partial charge >= 0.3 is 0 Å². The van der Waals surface area contributed by atoms with Crippen LogP contribution in [0.2, 0.25) is 5.02 Å². The van der Waals surface area contributed by atoms with Crippen LogP contribution in [0.5, 0.6) is 0 Å². The average molecular weight is 289 g/mol. The lowest BCUT2D eigenvalue weighted by molar-refractivity contribution is -0.120. The topological polar surface area (TPSA) is 50.4 Å². The van der Waals surface area contributed by atoms with Crippen molar-refractivity contribution in [1.82, 2.24) is 10.6 Å². The molecule has 0 fully saturated rings. The molecule has 19 heavy (non-hydrogen) atoms. The molecule has 0 heterocycles. The van der Waals surface area contributed by atoms with Gasteiger partial charge in [0.15, 0.2) is 0 Å². The van der Waals surface area contributed by atoms with E-state index in [0.717, 1.165) is 5.56 Å². The van der Waals surface area contributed by atoms with Crippen molar-refractivity contribution in [2.24, 2.45) is 0 Å². The summed E-state index contributed by atoms with van der Waals surface area (Å²) in [5.41, 5.74) is 0.830. The van der Waals surface area contributed by atoms with E-state index in [1.807, 2.05) is 6.92 Å². The van der Waals surface area contributed by atoms with Crippen LogP contribution >= 0.6 is 11.6 Å². The molecule has 2 N–H and O–H groups in total. The zero-order chi connectivity index (χ0) is 14.3. The molecule has 0 bridgehead atoms. The van der Waals surface area contributed by atoms with Crippen LogP contribution in [0.4, 0.5) is 4.39 Å². The number of hydrogen-bond donors (Lipinski definition) is 2. The highest BCUT2D eigenvalue weighted by molar-refractivity contribution is 6.30. The lowest BCUT2D eigenvalue weighted by Crippen LogP contribution is -2.36. The van der Waals surface area contributed by atoms with Crippen molar-refractivity contribution in [2.75, 3.05) is 26.8 Å². The third-order valence-corrected chi connectivity index (χ3v) is 2.93. The molecule has 6 heteroatoms. The first-order valence-corrected chi connectivity index (χ1v) is 6.36. The standard InChI is InChI=1S/C13H18ClFN2O2/c1-9(10-3-4-12(15)11(14)7-10)17-8-13(18)16-5-6-19-2/h3-4,7,9,17H,5-6,8H2,1-2H3,(H,16,18). The zero-order valence-electron chi connectivity index (χ0n) is 11.0. The molecule has 4 nitrogen and oxygen atoms in total. The molecule has 1 amide bonds. The molecular weight excluding hydrogens is 271 g/mol. The van der Waals surface area contributed by atoms with Gasteiger partial charge in [0, 0.05) is 19.7 Å². The molecule has 0 aliphatic carbocycles. The number of methoxy groups -OCH3 is 1. The summed E-state index contributed by atoms with van der Waals surface area (Å²) >= 11 is 5.71. The normalized spacial score (nSPS) is 12.2. The van der Waals surface area contributed by atoms with Gasteiger partial charge in [-0.15, -0.1) is 0 Å². The second kappa shape index (κ2) is 8.09. The van der Waals surface area contributed by atoms with E-state index in [-0.39, 0.29) is 23.5 Å². The molecule has 0 radical (unpaired) electrons. The van der Waals surface area contributed by atoms with Crippen molar-refractivity contribution in [2.45, 2.75) is 13.0 Å². The maximum absolute atomic E-state index is 13.0. The number of amides is 1. The minimum Gasteiger partial charge on any atom is -0.383 e. The van der Waals surface area contributed by atoms with E-state index < -0.39 is 5.82 Å². The van der Waals surface area contributed by atoms with E-state index in [9.17, 15) is 9.18 Å². The maximum atomic E-state index is 13.0. The maximum Gasteiger partial charge on any atom is 0.234 e. The second-order valence-corrected chi connectivity index (χ2v) is 4.53. The first kappa shape index (κ1) is 15.9. The monoisotopic (exact) mass is 288 g/mol. The van der Waals surface area contributed by atoms with Gasteiger partial charge in [0.2, 0.25) is 5.91 Å². The van der Waals surface area contributed by atoms with Crippen molar-refractivity contribution in [3.05, 3.63) is 34.6 Å². The summed E-state index contributed by atoms with van der Waals surface area (Å²) in [7, 11) is 1.57. The second-order valence-electron chi connectivity index (χ2n) is 4.12. The van der Waals surface area contributed by atoms with E-state index >= 15 is 0 Å². The van der Waals surface area contributed by atoms with Crippen molar-refractivity contribution < 1.29 is 13.9 Å². The molecule has 0 spiro atoms. The Morgan fingerprint density at radius 3 is 2.89 bits per heavy atom. The molecule has 1 atom stereocenters. The average Bonchev–Trinajstić information content (AvgIpc) is 2.39. The van der Waals surface area contributed by atoms with Gasteiger partial charge in [-0.3, -0.25) is 4.79 Å². The highest BCUT2D eigenvalue weighted by atomic mass is 35.5. The number of rotatable bonds is 7. The van der Waals surface area contributed by atoms with Crippen LogP contribution in [-0.4, -0.2) is 32.7 Å². The molecule has 0 aromatic heterocycles. The number of hydrogen-bond acceptors (Lipinski definition) is 3. The Morgan fingerprint density at radius 1 is 1.53 bits per heavy atom. The summed E-state index contributed by atoms with van der Waals surface area (Å²) in [4.78, 5) is 11.5. The lowest BCUT2D eigenvalue weighted by Gasteiger charge is -2.14. The van der Waals surface area contributed by atoms with Crippen molar-refractivity contribution >= 4 is 17.5 Å². The van der Waals surface area contributed by atoms with Crippen LogP contribution in [0.3, 0.4) is 0 Å². The highest BCUT2D eigenvalue weighted by Crippen LogP contribution is 2.20. The van der Waals surface area contributed by atoms with Gasteiger partial charge in [0.25, 0.3) is 0 Å². The highest BCUT2D eigenvalue weighted by Gasteiger charge is 2.09. The SMILES string of the molecule is COCCNC(=O)CNC(C)c1ccc(F)c(Cl)c1. The van der Waals surface area contributed by atoms with E-state index in [1.54, 1.807) is 19.2 Å². The van der Waals surface area contributed by atoms with Crippen molar-refractivity contribution in [1.29, 1.82) is 0 Å². The molecule has 0 saturated carbocycles. The fourth-order valence-corrected chi connectivity index (χ4v) is 1.69. The summed E-state index contributed by atoms with van der Waals surface area (Å²) in [5.74, 6) is -0.563. The van der Waals surface area contributed by atoms with Crippen LogP contribution in [-0.2, 0) is 9.53 Å². The Hall–Kier alpha value is -1.17. The number of benzene rings is 1. The molecule has 0 aliphatic heterocycles. The predicted octanol–water partition coefficient (Wildman–Crippen LogP) is 1.89. The van der Waals surface area contributed by atoms with Gasteiger partial charge in [-0.1, -0.05) is 17.7 Å². The first-order chi connectivity index (χ1) is 9.04. The number of ether oxygens (including phenoxy) is 1. The smallest absolute Gasteiger partial charge is 0.234 e.